The molecule has 0 amide bonds. The van der Waals surface area contributed by atoms with Gasteiger partial charge in [0.15, 0.2) is 11.5 Å². The molecule has 3 nitrogen and oxygen atoms in total. The fraction of sp³-hybridized carbons (Fsp3) is 0.188. The van der Waals surface area contributed by atoms with Gasteiger partial charge in [-0.05, 0) is 64.3 Å². The first kappa shape index (κ1) is 16.8. The summed E-state index contributed by atoms with van der Waals surface area (Å²) in [4.78, 5) is 11.3. The van der Waals surface area contributed by atoms with Crippen LogP contribution in [-0.2, 0) is 6.61 Å². The number of hydrogen-bond donors (Lipinski definition) is 0. The molecule has 116 valence electrons. The Labute approximate surface area is 141 Å². The molecule has 0 aliphatic heterocycles. The number of hydrogen-bond acceptors (Lipinski definition) is 3. The zero-order valence-electron chi connectivity index (χ0n) is 11.7. The molecule has 0 atom stereocenters. The van der Waals surface area contributed by atoms with Crippen LogP contribution >= 0.6 is 27.5 Å². The van der Waals surface area contributed by atoms with Crippen molar-refractivity contribution in [1.82, 2.24) is 0 Å². The number of benzene rings is 2. The van der Waals surface area contributed by atoms with Gasteiger partial charge in [0.2, 0.25) is 0 Å². The largest absolute Gasteiger partial charge is 0.490 e. The van der Waals surface area contributed by atoms with Crippen LogP contribution in [0.5, 0.6) is 11.5 Å². The molecule has 2 aromatic rings. The lowest BCUT2D eigenvalue weighted by Gasteiger charge is -2.14. The van der Waals surface area contributed by atoms with Crippen molar-refractivity contribution in [1.29, 1.82) is 0 Å². The average Bonchev–Trinajstić information content (AvgIpc) is 2.48. The summed E-state index contributed by atoms with van der Waals surface area (Å²) in [6.07, 6.45) is 0. The van der Waals surface area contributed by atoms with Gasteiger partial charge in [0, 0.05) is 5.56 Å². The molecule has 6 heteroatoms. The maximum absolute atomic E-state index is 12.9. The summed E-state index contributed by atoms with van der Waals surface area (Å²) in [5.41, 5.74) is 1.12. The standard InChI is InChI=1S/C16H13BrClFO3/c1-2-21-14-8-11(16(18)20)7-13(17)15(14)22-9-10-3-5-12(19)6-4-10/h3-8H,2,9H2,1H3. The van der Waals surface area contributed by atoms with Gasteiger partial charge in [-0.3, -0.25) is 4.79 Å². The van der Waals surface area contributed by atoms with Crippen LogP contribution in [0.4, 0.5) is 4.39 Å². The van der Waals surface area contributed by atoms with Crippen LogP contribution in [0.1, 0.15) is 22.8 Å². The Hall–Kier alpha value is -1.59. The van der Waals surface area contributed by atoms with Gasteiger partial charge in [0.05, 0.1) is 11.1 Å². The molecule has 0 saturated heterocycles. The maximum Gasteiger partial charge on any atom is 0.252 e. The van der Waals surface area contributed by atoms with Crippen molar-refractivity contribution < 1.29 is 18.7 Å². The maximum atomic E-state index is 12.9. The van der Waals surface area contributed by atoms with E-state index in [-0.39, 0.29) is 12.4 Å². The van der Waals surface area contributed by atoms with Crippen LogP contribution in [0.2, 0.25) is 0 Å². The van der Waals surface area contributed by atoms with Crippen molar-refractivity contribution >= 4 is 32.8 Å². The Kier molecular flexibility index (Phi) is 5.80. The Morgan fingerprint density at radius 1 is 1.23 bits per heavy atom. The van der Waals surface area contributed by atoms with Gasteiger partial charge in [0.25, 0.3) is 5.24 Å². The van der Waals surface area contributed by atoms with Crippen LogP contribution in [0.25, 0.3) is 0 Å². The van der Waals surface area contributed by atoms with Crippen molar-refractivity contribution in [2.24, 2.45) is 0 Å². The molecule has 0 heterocycles. The van der Waals surface area contributed by atoms with E-state index in [2.05, 4.69) is 15.9 Å². The van der Waals surface area contributed by atoms with Crippen molar-refractivity contribution in [2.75, 3.05) is 6.61 Å². The van der Waals surface area contributed by atoms with Crippen molar-refractivity contribution in [2.45, 2.75) is 13.5 Å². The smallest absolute Gasteiger partial charge is 0.252 e. The van der Waals surface area contributed by atoms with E-state index in [0.717, 1.165) is 5.56 Å². The van der Waals surface area contributed by atoms with Crippen molar-refractivity contribution in [3.8, 4) is 11.5 Å². The number of halogens is 3. The van der Waals surface area contributed by atoms with Gasteiger partial charge in [-0.1, -0.05) is 12.1 Å². The summed E-state index contributed by atoms with van der Waals surface area (Å²) in [5.74, 6) is 0.584. The van der Waals surface area contributed by atoms with Gasteiger partial charge in [-0.15, -0.1) is 0 Å². The normalized spacial score (nSPS) is 10.4. The second-order valence-corrected chi connectivity index (χ2v) is 5.60. The number of carbonyl (C=O) groups excluding carboxylic acids is 1. The van der Waals surface area contributed by atoms with Crippen LogP contribution in [0.15, 0.2) is 40.9 Å². The summed E-state index contributed by atoms with van der Waals surface area (Å²) < 4.78 is 24.7. The third kappa shape index (κ3) is 4.21. The van der Waals surface area contributed by atoms with Gasteiger partial charge in [-0.25, -0.2) is 4.39 Å². The fourth-order valence-electron chi connectivity index (χ4n) is 1.82. The van der Waals surface area contributed by atoms with E-state index in [1.165, 1.54) is 18.2 Å². The topological polar surface area (TPSA) is 35.5 Å². The lowest BCUT2D eigenvalue weighted by Crippen LogP contribution is -2.02. The highest BCUT2D eigenvalue weighted by molar-refractivity contribution is 9.10. The summed E-state index contributed by atoms with van der Waals surface area (Å²) in [6, 6.07) is 9.11. The van der Waals surface area contributed by atoms with E-state index in [1.807, 2.05) is 6.92 Å². The summed E-state index contributed by atoms with van der Waals surface area (Å²) in [6.45, 7) is 2.49. The minimum absolute atomic E-state index is 0.243. The summed E-state index contributed by atoms with van der Waals surface area (Å²) in [5, 5.41) is -0.577. The molecular weight excluding hydrogens is 375 g/mol. The molecule has 0 saturated carbocycles. The summed E-state index contributed by atoms with van der Waals surface area (Å²) >= 11 is 8.84. The quantitative estimate of drug-likeness (QED) is 0.658. The SMILES string of the molecule is CCOc1cc(C(=O)Cl)cc(Br)c1OCc1ccc(F)cc1. The average molecular weight is 388 g/mol. The molecule has 0 radical (unpaired) electrons. The highest BCUT2D eigenvalue weighted by Gasteiger charge is 2.15. The highest BCUT2D eigenvalue weighted by atomic mass is 79.9. The third-order valence-corrected chi connectivity index (χ3v) is 3.64. The first-order valence-corrected chi connectivity index (χ1v) is 7.71. The molecule has 0 unspecified atom stereocenters. The third-order valence-electron chi connectivity index (χ3n) is 2.83. The predicted octanol–water partition coefficient (Wildman–Crippen LogP) is 4.94. The van der Waals surface area contributed by atoms with Crippen LogP contribution in [-0.4, -0.2) is 11.8 Å². The molecule has 2 rings (SSSR count). The lowest BCUT2D eigenvalue weighted by molar-refractivity contribution is 0.108. The zero-order valence-corrected chi connectivity index (χ0v) is 14.1. The van der Waals surface area contributed by atoms with Gasteiger partial charge < -0.3 is 9.47 Å². The Bertz CT molecular complexity index is 674. The molecule has 0 fully saturated rings. The van der Waals surface area contributed by atoms with Crippen molar-refractivity contribution in [3.05, 3.63) is 57.8 Å². The van der Waals surface area contributed by atoms with Crippen molar-refractivity contribution in [3.63, 3.8) is 0 Å². The molecule has 0 N–H and O–H groups in total. The second-order valence-electron chi connectivity index (χ2n) is 4.41. The van der Waals surface area contributed by atoms with E-state index >= 15 is 0 Å². The van der Waals surface area contributed by atoms with Crippen LogP contribution in [0, 0.1) is 5.82 Å². The van der Waals surface area contributed by atoms with E-state index in [1.54, 1.807) is 18.2 Å². The van der Waals surface area contributed by atoms with Gasteiger partial charge >= 0.3 is 0 Å². The Morgan fingerprint density at radius 3 is 2.50 bits per heavy atom. The van der Waals surface area contributed by atoms with E-state index < -0.39 is 5.24 Å². The molecule has 22 heavy (non-hydrogen) atoms. The zero-order chi connectivity index (χ0) is 16.1. The van der Waals surface area contributed by atoms with Gasteiger partial charge in [0.1, 0.15) is 12.4 Å². The van der Waals surface area contributed by atoms with E-state index in [0.29, 0.717) is 28.1 Å². The monoisotopic (exact) mass is 386 g/mol. The fourth-order valence-corrected chi connectivity index (χ4v) is 2.49. The molecular formula is C16H13BrClFO3. The molecule has 2 aromatic carbocycles. The van der Waals surface area contributed by atoms with E-state index in [4.69, 9.17) is 21.1 Å². The number of carbonyl (C=O) groups is 1. The van der Waals surface area contributed by atoms with Gasteiger partial charge in [-0.2, -0.15) is 0 Å². The minimum Gasteiger partial charge on any atom is -0.490 e. The molecule has 0 aliphatic carbocycles. The molecule has 0 spiro atoms. The first-order chi connectivity index (χ1) is 10.5. The molecule has 0 bridgehead atoms. The first-order valence-electron chi connectivity index (χ1n) is 6.54. The molecule has 0 aliphatic rings. The number of rotatable bonds is 6. The lowest BCUT2D eigenvalue weighted by atomic mass is 10.2. The van der Waals surface area contributed by atoms with Crippen LogP contribution < -0.4 is 9.47 Å². The Balaban J connectivity index is 2.25. The molecule has 0 aromatic heterocycles. The number of ether oxygens (including phenoxy) is 2. The Morgan fingerprint density at radius 2 is 1.91 bits per heavy atom. The minimum atomic E-state index is -0.577. The highest BCUT2D eigenvalue weighted by Crippen LogP contribution is 2.37. The van der Waals surface area contributed by atoms with Crippen LogP contribution in [0.3, 0.4) is 0 Å². The summed E-state index contributed by atoms with van der Waals surface area (Å²) in [7, 11) is 0. The second kappa shape index (κ2) is 7.61. The van der Waals surface area contributed by atoms with E-state index in [9.17, 15) is 9.18 Å². The predicted molar refractivity (Wildman–Crippen MR) is 86.2 cm³/mol.